The van der Waals surface area contributed by atoms with Crippen molar-refractivity contribution in [2.45, 2.75) is 31.4 Å². The molecule has 0 radical (unpaired) electrons. The molecule has 11 nitrogen and oxygen atoms in total. The molecule has 0 saturated heterocycles. The van der Waals surface area contributed by atoms with Crippen LogP contribution in [0.25, 0.3) is 11.5 Å². The first-order valence-electron chi connectivity index (χ1n) is 11.5. The number of ether oxygens (including phenoxy) is 1. The number of benzene rings is 1. The van der Waals surface area contributed by atoms with E-state index in [-0.39, 0.29) is 23.3 Å². The van der Waals surface area contributed by atoms with Crippen molar-refractivity contribution in [3.8, 4) is 17.2 Å². The summed E-state index contributed by atoms with van der Waals surface area (Å²) in [4.78, 5) is 29.6. The van der Waals surface area contributed by atoms with Gasteiger partial charge in [0, 0.05) is 18.4 Å². The van der Waals surface area contributed by atoms with E-state index in [9.17, 15) is 9.59 Å². The van der Waals surface area contributed by atoms with Gasteiger partial charge in [0.2, 0.25) is 5.91 Å². The van der Waals surface area contributed by atoms with E-state index in [1.807, 2.05) is 30.5 Å². The van der Waals surface area contributed by atoms with Gasteiger partial charge in [-0.1, -0.05) is 18.1 Å². The molecule has 2 heterocycles. The maximum Gasteiger partial charge on any atom is 0.272 e. The zero-order valence-corrected chi connectivity index (χ0v) is 20.4. The van der Waals surface area contributed by atoms with Crippen LogP contribution in [0.5, 0.6) is 5.75 Å². The number of anilines is 3. The third kappa shape index (κ3) is 5.82. The summed E-state index contributed by atoms with van der Waals surface area (Å²) in [6, 6.07) is 6.97. The first-order chi connectivity index (χ1) is 16.7. The lowest BCUT2D eigenvalue weighted by Gasteiger charge is -2.21. The molecule has 1 aromatic carbocycles. The third-order valence-electron chi connectivity index (χ3n) is 5.20. The topological polar surface area (TPSA) is 144 Å². The molecule has 1 aliphatic rings. The Morgan fingerprint density at radius 3 is 2.60 bits per heavy atom. The zero-order chi connectivity index (χ0) is 25.2. The van der Waals surface area contributed by atoms with Crippen LogP contribution in [-0.2, 0) is 11.2 Å². The zero-order valence-electron chi connectivity index (χ0n) is 20.4. The molecule has 0 spiro atoms. The lowest BCUT2D eigenvalue weighted by atomic mass is 9.49. The van der Waals surface area contributed by atoms with Gasteiger partial charge in [0.1, 0.15) is 23.5 Å². The van der Waals surface area contributed by atoms with Crippen molar-refractivity contribution in [1.29, 1.82) is 0 Å². The summed E-state index contributed by atoms with van der Waals surface area (Å²) in [6.07, 6.45) is 2.35. The SMILES string of the molecule is BC(B)(B)NC(=O)c1nnc(NC(=O)C2CC2)cc1Nc1cccc(-c2nc(CC)no2)c1OC. The predicted octanol–water partition coefficient (Wildman–Crippen LogP) is -0.570. The van der Waals surface area contributed by atoms with Gasteiger partial charge in [0.25, 0.3) is 11.8 Å². The summed E-state index contributed by atoms with van der Waals surface area (Å²) in [6.45, 7) is 1.93. The standard InChI is InChI=1S/C21H26B3N7O4/c1-3-14-27-20(35-31-14)11-5-4-6-12(17(11)34-2)25-13-9-15(26-18(32)10-7-8-10)29-30-16(13)19(33)28-21(22,23)24/h4-6,9-10H,3,7-8,22-24H2,1-2H3,(H,28,33)(H2,25,26,29,32). The van der Waals surface area contributed by atoms with Crippen LogP contribution in [0.15, 0.2) is 28.8 Å². The molecule has 3 aromatic rings. The Morgan fingerprint density at radius 1 is 1.20 bits per heavy atom. The highest BCUT2D eigenvalue weighted by Crippen LogP contribution is 2.38. The van der Waals surface area contributed by atoms with Crippen LogP contribution in [-0.4, -0.2) is 68.0 Å². The van der Waals surface area contributed by atoms with Crippen LogP contribution in [0, 0.1) is 5.92 Å². The quantitative estimate of drug-likeness (QED) is 0.348. The number of aryl methyl sites for hydroxylation is 1. The summed E-state index contributed by atoms with van der Waals surface area (Å²) < 4.78 is 11.1. The minimum Gasteiger partial charge on any atom is -0.494 e. The molecule has 1 aliphatic carbocycles. The van der Waals surface area contributed by atoms with Gasteiger partial charge in [-0.05, 0) is 30.2 Å². The van der Waals surface area contributed by atoms with E-state index in [4.69, 9.17) is 9.26 Å². The number of carbonyl (C=O) groups excluding carboxylic acids is 2. The van der Waals surface area contributed by atoms with Crippen LogP contribution in [0.1, 0.15) is 36.1 Å². The van der Waals surface area contributed by atoms with Crippen molar-refractivity contribution in [2.75, 3.05) is 17.7 Å². The van der Waals surface area contributed by atoms with Crippen molar-refractivity contribution >= 4 is 52.5 Å². The Morgan fingerprint density at radius 2 is 1.97 bits per heavy atom. The van der Waals surface area contributed by atoms with E-state index >= 15 is 0 Å². The molecule has 2 amide bonds. The second-order valence-corrected chi connectivity index (χ2v) is 9.34. The molecule has 1 saturated carbocycles. The molecule has 4 rings (SSSR count). The number of hydrogen-bond acceptors (Lipinski definition) is 9. The van der Waals surface area contributed by atoms with Crippen LogP contribution in [0.2, 0.25) is 0 Å². The number of amides is 2. The Bertz CT molecular complexity index is 1260. The number of nitrogens with one attached hydrogen (secondary N) is 3. The molecule has 14 heteroatoms. The summed E-state index contributed by atoms with van der Waals surface area (Å²) in [5, 5.41) is 20.5. The summed E-state index contributed by atoms with van der Waals surface area (Å²) in [7, 11) is 7.14. The smallest absolute Gasteiger partial charge is 0.272 e. The molecule has 0 bridgehead atoms. The van der Waals surface area contributed by atoms with Crippen molar-refractivity contribution < 1.29 is 18.8 Å². The van der Waals surface area contributed by atoms with Crippen molar-refractivity contribution in [1.82, 2.24) is 25.7 Å². The van der Waals surface area contributed by atoms with Gasteiger partial charge >= 0.3 is 0 Å². The van der Waals surface area contributed by atoms with Crippen LogP contribution in [0.3, 0.4) is 0 Å². The highest BCUT2D eigenvalue weighted by Gasteiger charge is 2.30. The van der Waals surface area contributed by atoms with Gasteiger partial charge in [0.15, 0.2) is 23.1 Å². The van der Waals surface area contributed by atoms with Crippen molar-refractivity contribution in [3.63, 3.8) is 0 Å². The highest BCUT2D eigenvalue weighted by atomic mass is 16.5. The summed E-state index contributed by atoms with van der Waals surface area (Å²) in [5.74, 6) is 1.06. The number of para-hydroxylation sites is 1. The second kappa shape index (κ2) is 9.81. The van der Waals surface area contributed by atoms with Crippen molar-refractivity contribution in [3.05, 3.63) is 35.8 Å². The predicted molar refractivity (Wildman–Crippen MR) is 138 cm³/mol. The Labute approximate surface area is 205 Å². The van der Waals surface area contributed by atoms with Crippen LogP contribution < -0.4 is 20.7 Å². The lowest BCUT2D eigenvalue weighted by molar-refractivity contribution is -0.117. The minimum absolute atomic E-state index is 0.00346. The number of aromatic nitrogens is 4. The molecule has 0 atom stereocenters. The molecule has 35 heavy (non-hydrogen) atoms. The summed E-state index contributed by atoms with van der Waals surface area (Å²) >= 11 is 0. The van der Waals surface area contributed by atoms with Gasteiger partial charge in [-0.25, -0.2) is 0 Å². The average molecular weight is 473 g/mol. The number of nitrogens with zero attached hydrogens (tertiary/aromatic N) is 4. The molecule has 0 unspecified atom stereocenters. The lowest BCUT2D eigenvalue weighted by Crippen LogP contribution is -2.50. The van der Waals surface area contributed by atoms with Gasteiger partial charge in [-0.15, -0.1) is 10.2 Å². The Balaban J connectivity index is 1.72. The normalized spacial score (nSPS) is 13.2. The van der Waals surface area contributed by atoms with E-state index in [1.54, 1.807) is 24.3 Å². The summed E-state index contributed by atoms with van der Waals surface area (Å²) in [5.41, 5.74) is 1.55. The van der Waals surface area contributed by atoms with Gasteiger partial charge in [0.05, 0.1) is 24.0 Å². The van der Waals surface area contributed by atoms with Crippen LogP contribution in [0.4, 0.5) is 17.2 Å². The molecular weight excluding hydrogens is 447 g/mol. The first-order valence-corrected chi connectivity index (χ1v) is 11.5. The van der Waals surface area contributed by atoms with Crippen molar-refractivity contribution in [2.24, 2.45) is 5.92 Å². The monoisotopic (exact) mass is 473 g/mol. The fourth-order valence-corrected chi connectivity index (χ4v) is 3.37. The van der Waals surface area contributed by atoms with E-state index in [2.05, 4.69) is 36.3 Å². The van der Waals surface area contributed by atoms with Crippen LogP contribution >= 0.6 is 0 Å². The molecule has 3 N–H and O–H groups in total. The Kier molecular flexibility index (Phi) is 6.81. The van der Waals surface area contributed by atoms with E-state index in [0.717, 1.165) is 12.8 Å². The average Bonchev–Trinajstić information content (AvgIpc) is 3.55. The Hall–Kier alpha value is -3.83. The second-order valence-electron chi connectivity index (χ2n) is 9.34. The number of rotatable bonds is 9. The third-order valence-corrected chi connectivity index (χ3v) is 5.20. The maximum absolute atomic E-state index is 13.0. The molecule has 178 valence electrons. The largest absolute Gasteiger partial charge is 0.494 e. The van der Waals surface area contributed by atoms with E-state index in [1.165, 1.54) is 7.11 Å². The first kappa shape index (κ1) is 24.3. The maximum atomic E-state index is 13.0. The molecular formula is C21H26B3N7O4. The molecule has 0 aliphatic heterocycles. The minimum atomic E-state index is -0.485. The number of carbonyl (C=O) groups is 2. The fraction of sp³-hybridized carbons (Fsp3) is 0.333. The van der Waals surface area contributed by atoms with Gasteiger partial charge in [-0.3, -0.25) is 9.59 Å². The molecule has 1 fully saturated rings. The number of methoxy groups -OCH3 is 1. The van der Waals surface area contributed by atoms with Gasteiger partial charge < -0.3 is 25.2 Å². The van der Waals surface area contributed by atoms with E-state index < -0.39 is 11.1 Å². The molecule has 2 aromatic heterocycles. The number of hydrogen-bond donors (Lipinski definition) is 3. The fourth-order valence-electron chi connectivity index (χ4n) is 3.37. The van der Waals surface area contributed by atoms with E-state index in [0.29, 0.717) is 40.8 Å². The van der Waals surface area contributed by atoms with Gasteiger partial charge in [-0.2, -0.15) is 4.98 Å². The highest BCUT2D eigenvalue weighted by molar-refractivity contribution is 6.60.